The van der Waals surface area contributed by atoms with Crippen molar-refractivity contribution in [1.29, 1.82) is 0 Å². The van der Waals surface area contributed by atoms with Crippen molar-refractivity contribution in [2.45, 2.75) is 38.1 Å². The molecule has 2 saturated heterocycles. The van der Waals surface area contributed by atoms with E-state index in [1.165, 1.54) is 12.8 Å². The third kappa shape index (κ3) is 3.70. The number of nitrogens with one attached hydrogen (secondary N) is 2. The van der Waals surface area contributed by atoms with Gasteiger partial charge in [-0.3, -0.25) is 9.59 Å². The largest absolute Gasteiger partial charge is 0.355 e. The summed E-state index contributed by atoms with van der Waals surface area (Å²) in [4.78, 5) is 24.6. The summed E-state index contributed by atoms with van der Waals surface area (Å²) in [6.07, 6.45) is 4.92. The van der Waals surface area contributed by atoms with Gasteiger partial charge in [-0.2, -0.15) is 0 Å². The highest BCUT2D eigenvalue weighted by Crippen LogP contribution is 2.09. The molecule has 2 aliphatic rings. The maximum absolute atomic E-state index is 11.6. The van der Waals surface area contributed by atoms with Gasteiger partial charge in [-0.25, -0.2) is 0 Å². The molecule has 2 amide bonds. The van der Waals surface area contributed by atoms with Gasteiger partial charge < -0.3 is 15.5 Å². The minimum absolute atomic E-state index is 0.0294. The van der Waals surface area contributed by atoms with Crippen LogP contribution in [0, 0.1) is 0 Å². The zero-order valence-electron chi connectivity index (χ0n) is 10.2. The van der Waals surface area contributed by atoms with E-state index >= 15 is 0 Å². The van der Waals surface area contributed by atoms with Gasteiger partial charge in [-0.15, -0.1) is 0 Å². The van der Waals surface area contributed by atoms with Crippen molar-refractivity contribution < 1.29 is 9.59 Å². The number of likely N-dealkylation sites (tertiary alicyclic amines) is 1. The summed E-state index contributed by atoms with van der Waals surface area (Å²) >= 11 is 0. The molecule has 0 aromatic carbocycles. The summed E-state index contributed by atoms with van der Waals surface area (Å²) in [5, 5.41) is 6.28. The zero-order chi connectivity index (χ0) is 12.1. The Kier molecular flexibility index (Phi) is 4.36. The number of carbonyl (C=O) groups is 2. The van der Waals surface area contributed by atoms with Crippen molar-refractivity contribution in [1.82, 2.24) is 15.5 Å². The van der Waals surface area contributed by atoms with Crippen LogP contribution in [0.3, 0.4) is 0 Å². The number of hydrogen-bond acceptors (Lipinski definition) is 3. The molecule has 0 saturated carbocycles. The second kappa shape index (κ2) is 6.00. The first-order valence-corrected chi connectivity index (χ1v) is 6.53. The third-order valence-corrected chi connectivity index (χ3v) is 3.48. The van der Waals surface area contributed by atoms with E-state index in [0.717, 1.165) is 25.9 Å². The van der Waals surface area contributed by atoms with Gasteiger partial charge in [0, 0.05) is 25.6 Å². The second-order valence-electron chi connectivity index (χ2n) is 4.85. The Bertz CT molecular complexity index is 287. The van der Waals surface area contributed by atoms with Crippen molar-refractivity contribution in [3.05, 3.63) is 0 Å². The molecule has 17 heavy (non-hydrogen) atoms. The van der Waals surface area contributed by atoms with Crippen molar-refractivity contribution in [3.63, 3.8) is 0 Å². The lowest BCUT2D eigenvalue weighted by Gasteiger charge is -2.15. The highest BCUT2D eigenvalue weighted by Gasteiger charge is 2.22. The molecular weight excluding hydrogens is 218 g/mol. The normalized spacial score (nSPS) is 24.4. The molecule has 2 aliphatic heterocycles. The maximum Gasteiger partial charge on any atom is 0.239 e. The zero-order valence-corrected chi connectivity index (χ0v) is 10.2. The van der Waals surface area contributed by atoms with Gasteiger partial charge in [0.1, 0.15) is 0 Å². The molecule has 5 heteroatoms. The molecule has 2 fully saturated rings. The third-order valence-electron chi connectivity index (χ3n) is 3.48. The number of amides is 2. The van der Waals surface area contributed by atoms with Crippen molar-refractivity contribution >= 4 is 11.8 Å². The van der Waals surface area contributed by atoms with E-state index < -0.39 is 0 Å². The second-order valence-corrected chi connectivity index (χ2v) is 4.85. The summed E-state index contributed by atoms with van der Waals surface area (Å²) in [7, 11) is 0. The molecule has 0 bridgehead atoms. The molecule has 2 rings (SSSR count). The number of hydrogen-bond donors (Lipinski definition) is 2. The average Bonchev–Trinajstić information content (AvgIpc) is 2.92. The Morgan fingerprint density at radius 1 is 1.47 bits per heavy atom. The topological polar surface area (TPSA) is 61.4 Å². The molecule has 0 radical (unpaired) electrons. The molecule has 0 aromatic heterocycles. The molecule has 0 unspecified atom stereocenters. The lowest BCUT2D eigenvalue weighted by molar-refractivity contribution is -0.133. The fourth-order valence-corrected chi connectivity index (χ4v) is 2.49. The van der Waals surface area contributed by atoms with Crippen molar-refractivity contribution in [2.75, 3.05) is 26.2 Å². The van der Waals surface area contributed by atoms with Crippen LogP contribution in [-0.2, 0) is 9.59 Å². The van der Waals surface area contributed by atoms with Crippen LogP contribution in [0.4, 0.5) is 0 Å². The van der Waals surface area contributed by atoms with Crippen LogP contribution < -0.4 is 10.6 Å². The van der Waals surface area contributed by atoms with E-state index in [1.54, 1.807) is 4.90 Å². The number of rotatable bonds is 5. The molecular formula is C12H21N3O2. The summed E-state index contributed by atoms with van der Waals surface area (Å²) in [6, 6.07) is 0.559. The Morgan fingerprint density at radius 2 is 2.35 bits per heavy atom. The molecule has 0 aliphatic carbocycles. The Hall–Kier alpha value is -1.10. The molecule has 0 spiro atoms. The standard InChI is InChI=1S/C12H21N3O2/c16-11(9-15-8-2-4-12(15)17)14-7-5-10-3-1-6-13-10/h10,13H,1-9H2,(H,14,16)/t10-/m1/s1. The lowest BCUT2D eigenvalue weighted by atomic mass is 10.1. The smallest absolute Gasteiger partial charge is 0.239 e. The lowest BCUT2D eigenvalue weighted by Crippen LogP contribution is -2.39. The van der Waals surface area contributed by atoms with Crippen LogP contribution >= 0.6 is 0 Å². The molecule has 0 aromatic rings. The molecule has 2 heterocycles. The first-order chi connectivity index (χ1) is 8.25. The summed E-state index contributed by atoms with van der Waals surface area (Å²) in [5.74, 6) is 0.0795. The average molecular weight is 239 g/mol. The Balaban J connectivity index is 1.58. The van der Waals surface area contributed by atoms with Gasteiger partial charge >= 0.3 is 0 Å². The fourth-order valence-electron chi connectivity index (χ4n) is 2.49. The van der Waals surface area contributed by atoms with E-state index in [1.807, 2.05) is 0 Å². The highest BCUT2D eigenvalue weighted by atomic mass is 16.2. The van der Waals surface area contributed by atoms with Gasteiger partial charge in [0.25, 0.3) is 0 Å². The summed E-state index contributed by atoms with van der Waals surface area (Å²) in [6.45, 7) is 2.77. The van der Waals surface area contributed by atoms with Gasteiger partial charge in [0.05, 0.1) is 6.54 Å². The molecule has 2 N–H and O–H groups in total. The quantitative estimate of drug-likeness (QED) is 0.702. The predicted molar refractivity (Wildman–Crippen MR) is 64.5 cm³/mol. The fraction of sp³-hybridized carbons (Fsp3) is 0.833. The van der Waals surface area contributed by atoms with Crippen molar-refractivity contribution in [3.8, 4) is 0 Å². The summed E-state index contributed by atoms with van der Waals surface area (Å²) < 4.78 is 0. The summed E-state index contributed by atoms with van der Waals surface area (Å²) in [5.41, 5.74) is 0. The highest BCUT2D eigenvalue weighted by molar-refractivity contribution is 5.85. The Labute approximate surface area is 102 Å². The number of nitrogens with zero attached hydrogens (tertiary/aromatic N) is 1. The molecule has 96 valence electrons. The first-order valence-electron chi connectivity index (χ1n) is 6.53. The minimum atomic E-state index is -0.0294. The van der Waals surface area contributed by atoms with E-state index in [2.05, 4.69) is 10.6 Å². The van der Waals surface area contributed by atoms with E-state index in [4.69, 9.17) is 0 Å². The van der Waals surface area contributed by atoms with E-state index in [9.17, 15) is 9.59 Å². The number of carbonyl (C=O) groups excluding carboxylic acids is 2. The SMILES string of the molecule is O=C(CN1CCCC1=O)NCC[C@H]1CCCN1. The predicted octanol–water partition coefficient (Wildman–Crippen LogP) is -0.133. The van der Waals surface area contributed by atoms with Gasteiger partial charge in [0.15, 0.2) is 0 Å². The van der Waals surface area contributed by atoms with Crippen molar-refractivity contribution in [2.24, 2.45) is 0 Å². The van der Waals surface area contributed by atoms with Gasteiger partial charge in [-0.1, -0.05) is 0 Å². The minimum Gasteiger partial charge on any atom is -0.355 e. The van der Waals surface area contributed by atoms with Crippen LogP contribution in [-0.4, -0.2) is 48.9 Å². The van der Waals surface area contributed by atoms with Crippen LogP contribution in [0.15, 0.2) is 0 Å². The van der Waals surface area contributed by atoms with Crippen LogP contribution in [0.5, 0.6) is 0 Å². The van der Waals surface area contributed by atoms with E-state index in [-0.39, 0.29) is 18.4 Å². The Morgan fingerprint density at radius 3 is 3.00 bits per heavy atom. The molecule has 1 atom stereocenters. The van der Waals surface area contributed by atoms with Gasteiger partial charge in [0.2, 0.25) is 11.8 Å². The first kappa shape index (κ1) is 12.4. The maximum atomic E-state index is 11.6. The monoisotopic (exact) mass is 239 g/mol. The van der Waals surface area contributed by atoms with Crippen LogP contribution in [0.1, 0.15) is 32.1 Å². The van der Waals surface area contributed by atoms with E-state index in [0.29, 0.717) is 19.0 Å². The van der Waals surface area contributed by atoms with Crippen LogP contribution in [0.25, 0.3) is 0 Å². The van der Waals surface area contributed by atoms with Crippen LogP contribution in [0.2, 0.25) is 0 Å². The molecule has 5 nitrogen and oxygen atoms in total. The van der Waals surface area contributed by atoms with Gasteiger partial charge in [-0.05, 0) is 32.2 Å².